The lowest BCUT2D eigenvalue weighted by Gasteiger charge is -2.42. The largest absolute Gasteiger partial charge is 0.371 e. The van der Waals surface area contributed by atoms with Crippen molar-refractivity contribution in [3.63, 3.8) is 0 Å². The maximum Gasteiger partial charge on any atom is 0.146 e. The number of fused-ring (bicyclic) bond motifs is 5. The minimum absolute atomic E-state index is 0.141. The number of hydrogen-bond acceptors (Lipinski definition) is 5. The molecule has 0 aromatic carbocycles. The van der Waals surface area contributed by atoms with Crippen LogP contribution in [0.15, 0.2) is 6.20 Å². The molecule has 0 saturated heterocycles. The van der Waals surface area contributed by atoms with Gasteiger partial charge in [-0.05, 0) is 26.7 Å². The molecule has 0 amide bonds. The third-order valence-corrected chi connectivity index (χ3v) is 4.88. The third-order valence-electron chi connectivity index (χ3n) is 4.88. The molecule has 1 fully saturated rings. The lowest BCUT2D eigenvalue weighted by Crippen LogP contribution is -2.49. The van der Waals surface area contributed by atoms with Gasteiger partial charge in [0.1, 0.15) is 34.6 Å². The molecule has 1 unspecified atom stereocenters. The van der Waals surface area contributed by atoms with Crippen LogP contribution in [0.1, 0.15) is 43.6 Å². The molecule has 1 saturated carbocycles. The van der Waals surface area contributed by atoms with Crippen molar-refractivity contribution >= 4 is 16.9 Å². The Morgan fingerprint density at radius 2 is 2.33 bits per heavy atom. The molecule has 0 radical (unpaired) electrons. The highest BCUT2D eigenvalue weighted by Gasteiger charge is 2.47. The molecule has 4 rings (SSSR count). The molecule has 108 valence electrons. The van der Waals surface area contributed by atoms with Gasteiger partial charge in [-0.25, -0.2) is 9.97 Å². The zero-order valence-electron chi connectivity index (χ0n) is 12.1. The molecule has 3 heterocycles. The van der Waals surface area contributed by atoms with Gasteiger partial charge in [-0.1, -0.05) is 6.42 Å². The van der Waals surface area contributed by atoms with Gasteiger partial charge in [0, 0.05) is 18.2 Å². The monoisotopic (exact) mass is 283 g/mol. The fourth-order valence-electron chi connectivity index (χ4n) is 3.97. The Hall–Kier alpha value is -2.13. The van der Waals surface area contributed by atoms with Crippen molar-refractivity contribution in [1.29, 1.82) is 5.26 Å². The molecule has 3 atom stereocenters. The predicted octanol–water partition coefficient (Wildman–Crippen LogP) is 2.09. The van der Waals surface area contributed by atoms with Crippen LogP contribution in [-0.2, 0) is 0 Å². The van der Waals surface area contributed by atoms with Crippen LogP contribution in [0.3, 0.4) is 0 Å². The van der Waals surface area contributed by atoms with Crippen molar-refractivity contribution in [1.82, 2.24) is 14.5 Å². The highest BCUT2D eigenvalue weighted by molar-refractivity contribution is 5.90. The van der Waals surface area contributed by atoms with Crippen LogP contribution in [0.2, 0.25) is 0 Å². The SMILES string of the molecule is Cc1ncc2c(C#N)c3n(c2n1)[C@@H]1CCC[C@H]1C(C)(O)N3. The number of nitrogens with zero attached hydrogens (tertiary/aromatic N) is 4. The number of nitriles is 1. The molecular formula is C15H17N5O. The molecule has 2 aromatic rings. The van der Waals surface area contributed by atoms with E-state index in [1.165, 1.54) is 0 Å². The second-order valence-electron chi connectivity index (χ2n) is 6.24. The molecule has 6 heteroatoms. The van der Waals surface area contributed by atoms with E-state index >= 15 is 0 Å². The van der Waals surface area contributed by atoms with Crippen molar-refractivity contribution in [2.24, 2.45) is 5.92 Å². The van der Waals surface area contributed by atoms with Crippen molar-refractivity contribution < 1.29 is 5.11 Å². The maximum atomic E-state index is 10.7. The normalized spacial score (nSPS) is 30.6. The Labute approximate surface area is 122 Å². The summed E-state index contributed by atoms with van der Waals surface area (Å²) >= 11 is 0. The molecule has 0 spiro atoms. The minimum atomic E-state index is -0.986. The zero-order valence-corrected chi connectivity index (χ0v) is 12.1. The summed E-state index contributed by atoms with van der Waals surface area (Å²) < 4.78 is 2.11. The summed E-state index contributed by atoms with van der Waals surface area (Å²) in [6, 6.07) is 2.43. The van der Waals surface area contributed by atoms with Crippen LogP contribution in [-0.4, -0.2) is 25.4 Å². The minimum Gasteiger partial charge on any atom is -0.371 e. The first-order valence-corrected chi connectivity index (χ1v) is 7.31. The van der Waals surface area contributed by atoms with E-state index in [1.54, 1.807) is 13.1 Å². The molecule has 1 aliphatic heterocycles. The number of hydrogen-bond donors (Lipinski definition) is 2. The summed E-state index contributed by atoms with van der Waals surface area (Å²) in [7, 11) is 0. The molecule has 21 heavy (non-hydrogen) atoms. The number of aromatic nitrogens is 3. The molecule has 0 bridgehead atoms. The van der Waals surface area contributed by atoms with Gasteiger partial charge in [0.05, 0.1) is 5.39 Å². The highest BCUT2D eigenvalue weighted by atomic mass is 16.3. The Kier molecular flexibility index (Phi) is 2.37. The molecular weight excluding hydrogens is 266 g/mol. The number of rotatable bonds is 0. The lowest BCUT2D eigenvalue weighted by atomic mass is 9.89. The fourth-order valence-corrected chi connectivity index (χ4v) is 3.97. The van der Waals surface area contributed by atoms with Gasteiger partial charge >= 0.3 is 0 Å². The smallest absolute Gasteiger partial charge is 0.146 e. The second-order valence-corrected chi connectivity index (χ2v) is 6.24. The van der Waals surface area contributed by atoms with Crippen LogP contribution in [0, 0.1) is 24.2 Å². The summed E-state index contributed by atoms with van der Waals surface area (Å²) in [6.07, 6.45) is 4.78. The van der Waals surface area contributed by atoms with E-state index in [9.17, 15) is 10.4 Å². The van der Waals surface area contributed by atoms with Crippen LogP contribution >= 0.6 is 0 Å². The number of nitrogens with one attached hydrogen (secondary N) is 1. The van der Waals surface area contributed by atoms with Gasteiger partial charge in [0.25, 0.3) is 0 Å². The van der Waals surface area contributed by atoms with Crippen molar-refractivity contribution in [2.75, 3.05) is 5.32 Å². The quantitative estimate of drug-likeness (QED) is 0.773. The standard InChI is InChI=1S/C15H17N5O/c1-8-17-7-10-9(6-16)14-19-15(2,21)11-4-3-5-12(11)20(14)13(10)18-8/h7,11-12,19,21H,3-5H2,1-2H3/t11-,12-,15?/m1/s1. The number of aliphatic hydroxyl groups is 1. The number of aryl methyl sites for hydroxylation is 1. The van der Waals surface area contributed by atoms with E-state index in [1.807, 2.05) is 6.92 Å². The van der Waals surface area contributed by atoms with Gasteiger partial charge in [-0.2, -0.15) is 5.26 Å². The van der Waals surface area contributed by atoms with E-state index in [2.05, 4.69) is 25.9 Å². The Morgan fingerprint density at radius 1 is 1.52 bits per heavy atom. The van der Waals surface area contributed by atoms with Crippen LogP contribution in [0.25, 0.3) is 11.0 Å². The zero-order chi connectivity index (χ0) is 14.8. The first-order chi connectivity index (χ1) is 10.0. The summed E-state index contributed by atoms with van der Waals surface area (Å²) in [5, 5.41) is 24.2. The lowest BCUT2D eigenvalue weighted by molar-refractivity contribution is 0.00229. The van der Waals surface area contributed by atoms with Crippen LogP contribution < -0.4 is 5.32 Å². The van der Waals surface area contributed by atoms with Gasteiger partial charge in [-0.3, -0.25) is 0 Å². The van der Waals surface area contributed by atoms with Gasteiger partial charge < -0.3 is 15.0 Å². The third kappa shape index (κ3) is 1.55. The van der Waals surface area contributed by atoms with E-state index in [-0.39, 0.29) is 12.0 Å². The van der Waals surface area contributed by atoms with Crippen molar-refractivity contribution in [2.45, 2.75) is 44.9 Å². The van der Waals surface area contributed by atoms with E-state index in [0.717, 1.165) is 30.3 Å². The topological polar surface area (TPSA) is 86.8 Å². The summed E-state index contributed by atoms with van der Waals surface area (Å²) in [4.78, 5) is 8.76. The summed E-state index contributed by atoms with van der Waals surface area (Å²) in [5.74, 6) is 1.52. The van der Waals surface area contributed by atoms with Gasteiger partial charge in [0.2, 0.25) is 0 Å². The predicted molar refractivity (Wildman–Crippen MR) is 77.6 cm³/mol. The Balaban J connectivity index is 2.08. The Morgan fingerprint density at radius 3 is 3.10 bits per heavy atom. The average molecular weight is 283 g/mol. The number of anilines is 1. The van der Waals surface area contributed by atoms with E-state index < -0.39 is 5.72 Å². The van der Waals surface area contributed by atoms with Gasteiger partial charge in [-0.15, -0.1) is 0 Å². The molecule has 6 nitrogen and oxygen atoms in total. The highest BCUT2D eigenvalue weighted by Crippen LogP contribution is 2.50. The van der Waals surface area contributed by atoms with E-state index in [4.69, 9.17) is 0 Å². The van der Waals surface area contributed by atoms with Crippen molar-refractivity contribution in [3.8, 4) is 6.07 Å². The van der Waals surface area contributed by atoms with Crippen molar-refractivity contribution in [3.05, 3.63) is 17.6 Å². The second kappa shape index (κ2) is 3.95. The fraction of sp³-hybridized carbons (Fsp3) is 0.533. The van der Waals surface area contributed by atoms with E-state index in [0.29, 0.717) is 17.2 Å². The molecule has 2 aromatic heterocycles. The first-order valence-electron chi connectivity index (χ1n) is 7.31. The maximum absolute atomic E-state index is 10.7. The first kappa shape index (κ1) is 12.6. The molecule has 2 N–H and O–H groups in total. The summed E-state index contributed by atoms with van der Waals surface area (Å²) in [6.45, 7) is 3.65. The van der Waals surface area contributed by atoms with Crippen LogP contribution in [0.5, 0.6) is 0 Å². The van der Waals surface area contributed by atoms with Crippen LogP contribution in [0.4, 0.5) is 5.82 Å². The Bertz CT molecular complexity index is 785. The molecule has 2 aliphatic rings. The average Bonchev–Trinajstić information content (AvgIpc) is 3.00. The molecule has 1 aliphatic carbocycles. The summed E-state index contributed by atoms with van der Waals surface area (Å²) in [5.41, 5.74) is 0.337. The van der Waals surface area contributed by atoms with Gasteiger partial charge in [0.15, 0.2) is 0 Å².